The average Bonchev–Trinajstić information content (AvgIpc) is 3.38. The number of benzene rings is 1. The van der Waals surface area contributed by atoms with Crippen LogP contribution in [0.15, 0.2) is 41.3 Å². The molecule has 4 heterocycles. The highest BCUT2D eigenvalue weighted by atomic mass is 79.9. The van der Waals surface area contributed by atoms with Crippen LogP contribution < -0.4 is 15.8 Å². The van der Waals surface area contributed by atoms with Crippen molar-refractivity contribution in [3.05, 3.63) is 47.1 Å². The molecule has 186 valence electrons. The van der Waals surface area contributed by atoms with Crippen LogP contribution in [-0.4, -0.2) is 55.9 Å². The van der Waals surface area contributed by atoms with Crippen molar-refractivity contribution in [2.45, 2.75) is 25.9 Å². The lowest BCUT2D eigenvalue weighted by atomic mass is 10.1. The zero-order valence-electron chi connectivity index (χ0n) is 19.5. The molecule has 0 unspecified atom stereocenters. The van der Waals surface area contributed by atoms with Gasteiger partial charge in [-0.15, -0.1) is 0 Å². The zero-order valence-corrected chi connectivity index (χ0v) is 21.1. The Morgan fingerprint density at radius 1 is 1.31 bits per heavy atom. The van der Waals surface area contributed by atoms with Gasteiger partial charge in [-0.05, 0) is 46.5 Å². The summed E-state index contributed by atoms with van der Waals surface area (Å²) < 4.78 is 22.0. The number of likely N-dealkylation sites (tertiary alicyclic amines) is 1. The van der Waals surface area contributed by atoms with Crippen molar-refractivity contribution in [2.75, 3.05) is 24.7 Å². The molecular formula is C24H23BrFN7O3. The number of aromatic nitrogens is 4. The Kier molecular flexibility index (Phi) is 6.20. The maximum absolute atomic E-state index is 14.3. The number of carbonyl (C=O) groups excluding carboxylic acids is 2. The van der Waals surface area contributed by atoms with E-state index in [2.05, 4.69) is 36.2 Å². The standard InChI is InChI=1S/C24H23BrFN7O3/c1-12-6-15(24(35)31-18-5-3-4-17(25)30-18)32(9-12)19(34)10-33-21-14(7-13(26)8-16(21)36-2)20-22(27)28-11-29-23(20)33/h3-5,7-8,11-12,15H,6,9-10H2,1-2H3,(H2,27,28,29)(H,30,31,35)/t12-,15+/m1/s1. The monoisotopic (exact) mass is 555 g/mol. The average molecular weight is 556 g/mol. The van der Waals surface area contributed by atoms with Crippen LogP contribution in [0.2, 0.25) is 0 Å². The van der Waals surface area contributed by atoms with Crippen LogP contribution in [0, 0.1) is 11.7 Å². The Balaban J connectivity index is 1.51. The molecule has 3 N–H and O–H groups in total. The van der Waals surface area contributed by atoms with Gasteiger partial charge in [0.25, 0.3) is 0 Å². The van der Waals surface area contributed by atoms with Gasteiger partial charge in [-0.2, -0.15) is 0 Å². The van der Waals surface area contributed by atoms with Gasteiger partial charge in [0.05, 0.1) is 18.0 Å². The second-order valence-electron chi connectivity index (χ2n) is 8.79. The summed E-state index contributed by atoms with van der Waals surface area (Å²) in [5.41, 5.74) is 6.96. The molecule has 1 aliphatic heterocycles. The summed E-state index contributed by atoms with van der Waals surface area (Å²) in [6.07, 6.45) is 1.81. The number of pyridine rings is 1. The SMILES string of the molecule is COc1cc(F)cc2c3c(N)ncnc3n(CC(=O)N3C[C@H](C)C[C@H]3C(=O)Nc3cccc(Br)n3)c12. The summed E-state index contributed by atoms with van der Waals surface area (Å²) in [6, 6.07) is 7.09. The van der Waals surface area contributed by atoms with E-state index >= 15 is 0 Å². The number of amides is 2. The Labute approximate surface area is 213 Å². The number of nitrogens with one attached hydrogen (secondary N) is 1. The minimum atomic E-state index is -0.666. The fourth-order valence-corrected chi connectivity index (χ4v) is 5.14. The second-order valence-corrected chi connectivity index (χ2v) is 9.60. The number of fused-ring (bicyclic) bond motifs is 3. The molecule has 0 spiro atoms. The first-order chi connectivity index (χ1) is 17.3. The molecule has 5 rings (SSSR count). The summed E-state index contributed by atoms with van der Waals surface area (Å²) in [6.45, 7) is 2.26. The molecule has 10 nitrogen and oxygen atoms in total. The van der Waals surface area contributed by atoms with Crippen molar-refractivity contribution < 1.29 is 18.7 Å². The molecule has 0 aliphatic carbocycles. The Morgan fingerprint density at radius 2 is 2.11 bits per heavy atom. The summed E-state index contributed by atoms with van der Waals surface area (Å²) in [4.78, 5) is 40.9. The summed E-state index contributed by atoms with van der Waals surface area (Å²) >= 11 is 3.29. The van der Waals surface area contributed by atoms with E-state index in [1.54, 1.807) is 27.7 Å². The molecule has 0 saturated carbocycles. The number of ether oxygens (including phenoxy) is 1. The number of hydrogen-bond donors (Lipinski definition) is 2. The molecule has 0 radical (unpaired) electrons. The molecule has 2 amide bonds. The highest BCUT2D eigenvalue weighted by molar-refractivity contribution is 9.10. The van der Waals surface area contributed by atoms with Crippen LogP contribution in [-0.2, 0) is 16.1 Å². The normalized spacial score (nSPS) is 17.6. The largest absolute Gasteiger partial charge is 0.494 e. The molecular weight excluding hydrogens is 533 g/mol. The van der Waals surface area contributed by atoms with E-state index in [4.69, 9.17) is 10.5 Å². The van der Waals surface area contributed by atoms with Gasteiger partial charge in [0, 0.05) is 18.0 Å². The molecule has 36 heavy (non-hydrogen) atoms. The third kappa shape index (κ3) is 4.21. The van der Waals surface area contributed by atoms with Crippen molar-refractivity contribution in [1.29, 1.82) is 0 Å². The summed E-state index contributed by atoms with van der Waals surface area (Å²) in [5.74, 6) is -0.199. The maximum atomic E-state index is 14.3. The zero-order chi connectivity index (χ0) is 25.6. The van der Waals surface area contributed by atoms with Crippen LogP contribution >= 0.6 is 15.9 Å². The van der Waals surface area contributed by atoms with E-state index in [9.17, 15) is 14.0 Å². The van der Waals surface area contributed by atoms with Gasteiger partial charge in [0.2, 0.25) is 11.8 Å². The fourth-order valence-electron chi connectivity index (χ4n) is 4.79. The number of anilines is 2. The number of carbonyl (C=O) groups is 2. The molecule has 1 fully saturated rings. The quantitative estimate of drug-likeness (QED) is 0.361. The van der Waals surface area contributed by atoms with E-state index in [1.165, 1.54) is 25.6 Å². The van der Waals surface area contributed by atoms with Gasteiger partial charge < -0.3 is 25.3 Å². The first-order valence-electron chi connectivity index (χ1n) is 11.3. The smallest absolute Gasteiger partial charge is 0.248 e. The van der Waals surface area contributed by atoms with Crippen molar-refractivity contribution >= 4 is 61.3 Å². The van der Waals surface area contributed by atoms with Crippen LogP contribution in [0.1, 0.15) is 13.3 Å². The Morgan fingerprint density at radius 3 is 2.86 bits per heavy atom. The van der Waals surface area contributed by atoms with Crippen molar-refractivity contribution in [3.63, 3.8) is 0 Å². The molecule has 4 aromatic rings. The summed E-state index contributed by atoms with van der Waals surface area (Å²) in [5, 5.41) is 3.68. The van der Waals surface area contributed by atoms with Crippen LogP contribution in [0.3, 0.4) is 0 Å². The lowest BCUT2D eigenvalue weighted by Crippen LogP contribution is -2.44. The predicted molar refractivity (Wildman–Crippen MR) is 136 cm³/mol. The predicted octanol–water partition coefficient (Wildman–Crippen LogP) is 3.35. The number of rotatable bonds is 5. The van der Waals surface area contributed by atoms with Gasteiger partial charge in [0.1, 0.15) is 52.4 Å². The number of hydrogen-bond acceptors (Lipinski definition) is 7. The van der Waals surface area contributed by atoms with Gasteiger partial charge in [-0.3, -0.25) is 9.59 Å². The fraction of sp³-hybridized carbons (Fsp3) is 0.292. The molecule has 3 aromatic heterocycles. The number of nitrogens with two attached hydrogens (primary N) is 1. The van der Waals surface area contributed by atoms with Crippen LogP contribution in [0.25, 0.3) is 21.9 Å². The highest BCUT2D eigenvalue weighted by Crippen LogP contribution is 2.37. The Bertz CT molecular complexity index is 1510. The van der Waals surface area contributed by atoms with Gasteiger partial charge in [-0.25, -0.2) is 19.3 Å². The molecule has 1 saturated heterocycles. The van der Waals surface area contributed by atoms with Gasteiger partial charge >= 0.3 is 0 Å². The third-order valence-corrected chi connectivity index (χ3v) is 6.75. The second kappa shape index (κ2) is 9.34. The molecule has 0 bridgehead atoms. The number of methoxy groups -OCH3 is 1. The van der Waals surface area contributed by atoms with Crippen LogP contribution in [0.4, 0.5) is 16.0 Å². The third-order valence-electron chi connectivity index (χ3n) is 6.30. The topological polar surface area (TPSA) is 128 Å². The van der Waals surface area contributed by atoms with Gasteiger partial charge in [0.15, 0.2) is 0 Å². The summed E-state index contributed by atoms with van der Waals surface area (Å²) in [7, 11) is 1.42. The van der Waals surface area contributed by atoms with Crippen molar-refractivity contribution in [2.24, 2.45) is 5.92 Å². The number of halogens is 2. The first kappa shape index (κ1) is 23.9. The van der Waals surface area contributed by atoms with Crippen LogP contribution in [0.5, 0.6) is 5.75 Å². The number of nitrogen functional groups attached to an aromatic ring is 1. The highest BCUT2D eigenvalue weighted by Gasteiger charge is 2.38. The minimum Gasteiger partial charge on any atom is -0.494 e. The van der Waals surface area contributed by atoms with E-state index in [0.717, 1.165) is 0 Å². The number of nitrogens with zero attached hydrogens (tertiary/aromatic N) is 5. The molecule has 12 heteroatoms. The molecule has 2 atom stereocenters. The minimum absolute atomic E-state index is 0.125. The van der Waals surface area contributed by atoms with Crippen molar-refractivity contribution in [3.8, 4) is 5.75 Å². The first-order valence-corrected chi connectivity index (χ1v) is 12.0. The molecule has 1 aliphatic rings. The van der Waals surface area contributed by atoms with Gasteiger partial charge in [-0.1, -0.05) is 13.0 Å². The molecule has 1 aromatic carbocycles. The Hall–Kier alpha value is -3.80. The van der Waals surface area contributed by atoms with E-state index < -0.39 is 11.9 Å². The van der Waals surface area contributed by atoms with E-state index in [-0.39, 0.29) is 35.8 Å². The van der Waals surface area contributed by atoms with E-state index in [0.29, 0.717) is 45.3 Å². The van der Waals surface area contributed by atoms with E-state index in [1.807, 2.05) is 6.92 Å². The lowest BCUT2D eigenvalue weighted by Gasteiger charge is -2.24. The van der Waals surface area contributed by atoms with Crippen molar-refractivity contribution in [1.82, 2.24) is 24.4 Å². The maximum Gasteiger partial charge on any atom is 0.248 e. The lowest BCUT2D eigenvalue weighted by molar-refractivity contribution is -0.137.